The average Bonchev–Trinajstić information content (AvgIpc) is 3.64. The van der Waals surface area contributed by atoms with Crippen LogP contribution in [0.2, 0.25) is 5.02 Å². The number of imidazole rings is 1. The molecule has 6 rings (SSSR count). The van der Waals surface area contributed by atoms with Crippen LogP contribution in [0, 0.1) is 17.6 Å². The molecule has 0 spiro atoms. The number of rotatable bonds is 7. The first-order valence-corrected chi connectivity index (χ1v) is 13.5. The summed E-state index contributed by atoms with van der Waals surface area (Å²) in [4.78, 5) is 25.8. The lowest BCUT2D eigenvalue weighted by Gasteiger charge is -2.32. The van der Waals surface area contributed by atoms with Gasteiger partial charge in [-0.25, -0.2) is 8.78 Å². The highest BCUT2D eigenvalue weighted by atomic mass is 35.5. The smallest absolute Gasteiger partial charge is 0.296 e. The maximum Gasteiger partial charge on any atom is 0.296 e. The zero-order valence-corrected chi connectivity index (χ0v) is 22.4. The lowest BCUT2D eigenvalue weighted by atomic mass is 9.96. The highest BCUT2D eigenvalue weighted by molar-refractivity contribution is 6.32. The molecule has 0 radical (unpaired) electrons. The number of piperidine rings is 1. The molecule has 218 valence electrons. The van der Waals surface area contributed by atoms with Gasteiger partial charge in [-0.2, -0.15) is 9.97 Å². The number of aromatic amines is 1. The number of hydrogen-bond donors (Lipinski definition) is 3. The van der Waals surface area contributed by atoms with Crippen LogP contribution in [0.4, 0.5) is 8.78 Å². The SMILES string of the molecule is C=C(O)[C@H]1CCCN(C(=O)c2cc(F)c(COc3nc4nc(O[C@@H]5COC6[C@H](O)CO[C@@H]65)[nH]c4cc3Cl)c(F)c2)C1. The summed E-state index contributed by atoms with van der Waals surface area (Å²) in [5.41, 5.74) is 0.0751. The molecule has 1 unspecified atom stereocenters. The molecule has 3 saturated heterocycles. The van der Waals surface area contributed by atoms with Gasteiger partial charge in [-0.1, -0.05) is 18.2 Å². The molecule has 3 N–H and O–H groups in total. The summed E-state index contributed by atoms with van der Waals surface area (Å²) in [6, 6.07) is 3.54. The number of amides is 1. The number of carbonyl (C=O) groups excluding carboxylic acids is 1. The van der Waals surface area contributed by atoms with Crippen LogP contribution < -0.4 is 9.47 Å². The summed E-state index contributed by atoms with van der Waals surface area (Å²) >= 11 is 6.30. The molecule has 2 aromatic heterocycles. The Balaban J connectivity index is 1.13. The quantitative estimate of drug-likeness (QED) is 0.353. The van der Waals surface area contributed by atoms with Crippen molar-refractivity contribution in [3.8, 4) is 11.9 Å². The molecular formula is C27H27ClF2N4O7. The van der Waals surface area contributed by atoms with Gasteiger partial charge < -0.3 is 39.0 Å². The van der Waals surface area contributed by atoms with Crippen LogP contribution in [0.25, 0.3) is 11.2 Å². The van der Waals surface area contributed by atoms with Crippen LogP contribution in [0.15, 0.2) is 30.5 Å². The summed E-state index contributed by atoms with van der Waals surface area (Å²) < 4.78 is 52.4. The average molecular weight is 593 g/mol. The van der Waals surface area contributed by atoms with E-state index in [2.05, 4.69) is 21.5 Å². The van der Waals surface area contributed by atoms with Crippen molar-refractivity contribution in [2.45, 2.75) is 43.9 Å². The van der Waals surface area contributed by atoms with E-state index in [0.29, 0.717) is 24.9 Å². The van der Waals surface area contributed by atoms with Crippen LogP contribution in [0.3, 0.4) is 0 Å². The van der Waals surface area contributed by atoms with E-state index in [-0.39, 0.29) is 59.6 Å². The fourth-order valence-electron chi connectivity index (χ4n) is 5.35. The number of aromatic nitrogens is 3. The van der Waals surface area contributed by atoms with Gasteiger partial charge in [-0.3, -0.25) is 4.79 Å². The van der Waals surface area contributed by atoms with Crippen LogP contribution in [-0.2, 0) is 16.1 Å². The number of nitrogens with one attached hydrogen (secondary N) is 1. The molecule has 41 heavy (non-hydrogen) atoms. The van der Waals surface area contributed by atoms with Crippen LogP contribution in [0.5, 0.6) is 11.9 Å². The molecule has 0 aliphatic carbocycles. The number of benzene rings is 1. The standard InChI is InChI=1S/C27H27ClF2N4O7/c1-12(35)13-3-2-4-34(8-13)26(37)14-5-17(29)15(18(30)6-14)9-40-25-16(28)7-19-24(32-25)33-27(31-19)41-21-11-39-22-20(36)10-38-23(21)22/h5-7,13,20-23,35-36H,1-4,8-11H2,(H,31,32,33)/t13-,20+,21+,22?,23+/m0/s1. The molecular weight excluding hydrogens is 566 g/mol. The third-order valence-corrected chi connectivity index (χ3v) is 7.81. The van der Waals surface area contributed by atoms with Gasteiger partial charge in [-0.15, -0.1) is 0 Å². The van der Waals surface area contributed by atoms with Crippen molar-refractivity contribution < 1.29 is 42.7 Å². The second-order valence-corrected chi connectivity index (χ2v) is 10.7. The number of aliphatic hydroxyl groups excluding tert-OH is 2. The summed E-state index contributed by atoms with van der Waals surface area (Å²) in [5, 5.41) is 19.7. The molecule has 0 bridgehead atoms. The molecule has 14 heteroatoms. The number of aliphatic hydroxyl groups is 2. The van der Waals surface area contributed by atoms with Crippen molar-refractivity contribution >= 4 is 28.7 Å². The molecule has 1 amide bonds. The minimum absolute atomic E-state index is 0.0163. The lowest BCUT2D eigenvalue weighted by molar-refractivity contribution is 0.00706. The Kier molecular flexibility index (Phi) is 7.45. The van der Waals surface area contributed by atoms with Crippen molar-refractivity contribution in [3.63, 3.8) is 0 Å². The van der Waals surface area contributed by atoms with Gasteiger partial charge in [0.05, 0.1) is 30.1 Å². The van der Waals surface area contributed by atoms with Gasteiger partial charge in [0.15, 0.2) is 11.8 Å². The Hall–Kier alpha value is -3.52. The minimum Gasteiger partial charge on any atom is -0.513 e. The zero-order chi connectivity index (χ0) is 28.8. The topological polar surface area (TPSA) is 139 Å². The molecule has 0 saturated carbocycles. The van der Waals surface area contributed by atoms with Crippen molar-refractivity contribution in [3.05, 3.63) is 58.3 Å². The number of fused-ring (bicyclic) bond motifs is 2. The van der Waals surface area contributed by atoms with E-state index in [4.69, 9.17) is 30.5 Å². The Morgan fingerprint density at radius 3 is 2.71 bits per heavy atom. The maximum atomic E-state index is 14.9. The summed E-state index contributed by atoms with van der Waals surface area (Å²) in [5.74, 6) is -2.86. The van der Waals surface area contributed by atoms with Crippen LogP contribution in [-0.4, -0.2) is 86.7 Å². The Morgan fingerprint density at radius 1 is 1.20 bits per heavy atom. The number of carbonyl (C=O) groups is 1. The molecule has 5 atom stereocenters. The third kappa shape index (κ3) is 5.42. The van der Waals surface area contributed by atoms with Crippen LogP contribution >= 0.6 is 11.6 Å². The number of likely N-dealkylation sites (tertiary alicyclic amines) is 1. The number of halogens is 3. The van der Waals surface area contributed by atoms with Crippen LogP contribution in [0.1, 0.15) is 28.8 Å². The molecule has 3 aromatic rings. The number of hydrogen-bond acceptors (Lipinski definition) is 9. The molecule has 1 aromatic carbocycles. The highest BCUT2D eigenvalue weighted by Gasteiger charge is 2.48. The van der Waals surface area contributed by atoms with Crippen molar-refractivity contribution in [2.24, 2.45) is 5.92 Å². The second kappa shape index (κ2) is 11.0. The van der Waals surface area contributed by atoms with Gasteiger partial charge in [-0.05, 0) is 31.0 Å². The summed E-state index contributed by atoms with van der Waals surface area (Å²) in [6.07, 6.45) is -0.778. The predicted molar refractivity (Wildman–Crippen MR) is 140 cm³/mol. The van der Waals surface area contributed by atoms with Crippen molar-refractivity contribution in [2.75, 3.05) is 26.3 Å². The monoisotopic (exact) mass is 592 g/mol. The number of nitrogens with zero attached hydrogens (tertiary/aromatic N) is 3. The summed E-state index contributed by atoms with van der Waals surface area (Å²) in [7, 11) is 0. The van der Waals surface area contributed by atoms with Gasteiger partial charge >= 0.3 is 0 Å². The first-order valence-electron chi connectivity index (χ1n) is 13.1. The number of pyridine rings is 1. The van der Waals surface area contributed by atoms with E-state index in [0.717, 1.165) is 12.1 Å². The van der Waals surface area contributed by atoms with Gasteiger partial charge in [0.25, 0.3) is 11.9 Å². The highest BCUT2D eigenvalue weighted by Crippen LogP contribution is 2.32. The first-order chi connectivity index (χ1) is 19.7. The molecule has 3 aliphatic rings. The normalized spacial score (nSPS) is 25.9. The van der Waals surface area contributed by atoms with Gasteiger partial charge in [0.1, 0.15) is 41.6 Å². The third-order valence-electron chi connectivity index (χ3n) is 7.54. The van der Waals surface area contributed by atoms with Crippen molar-refractivity contribution in [1.29, 1.82) is 0 Å². The molecule has 11 nitrogen and oxygen atoms in total. The summed E-state index contributed by atoms with van der Waals surface area (Å²) in [6.45, 7) is 3.99. The fourth-order valence-corrected chi connectivity index (χ4v) is 5.55. The minimum atomic E-state index is -0.961. The van der Waals surface area contributed by atoms with E-state index in [1.165, 1.54) is 11.0 Å². The van der Waals surface area contributed by atoms with E-state index in [1.54, 1.807) is 0 Å². The molecule has 3 fully saturated rings. The van der Waals surface area contributed by atoms with E-state index < -0.39 is 54.1 Å². The second-order valence-electron chi connectivity index (χ2n) is 10.3. The molecule has 5 heterocycles. The fraction of sp³-hybridized carbons (Fsp3) is 0.444. The number of ether oxygens (including phenoxy) is 4. The van der Waals surface area contributed by atoms with Gasteiger partial charge in [0, 0.05) is 24.6 Å². The Morgan fingerprint density at radius 2 is 1.95 bits per heavy atom. The largest absolute Gasteiger partial charge is 0.513 e. The van der Waals surface area contributed by atoms with E-state index >= 15 is 0 Å². The number of H-pyrrole nitrogens is 1. The Bertz CT molecular complexity index is 1480. The zero-order valence-electron chi connectivity index (χ0n) is 21.7. The Labute approximate surface area is 237 Å². The predicted octanol–water partition coefficient (Wildman–Crippen LogP) is 3.30. The lowest BCUT2D eigenvalue weighted by Crippen LogP contribution is -2.40. The van der Waals surface area contributed by atoms with Gasteiger partial charge in [0.2, 0.25) is 5.88 Å². The molecule has 3 aliphatic heterocycles. The first kappa shape index (κ1) is 27.6. The maximum absolute atomic E-state index is 14.9. The van der Waals surface area contributed by atoms with E-state index in [1.807, 2.05) is 0 Å². The van der Waals surface area contributed by atoms with E-state index in [9.17, 15) is 23.8 Å². The van der Waals surface area contributed by atoms with Crippen molar-refractivity contribution in [1.82, 2.24) is 19.9 Å².